The first kappa shape index (κ1) is 13.7. The van der Waals surface area contributed by atoms with E-state index in [0.717, 1.165) is 29.1 Å². The van der Waals surface area contributed by atoms with Gasteiger partial charge >= 0.3 is 0 Å². The van der Waals surface area contributed by atoms with Gasteiger partial charge in [0.25, 0.3) is 0 Å². The lowest BCUT2D eigenvalue weighted by Crippen LogP contribution is -2.03. The summed E-state index contributed by atoms with van der Waals surface area (Å²) in [5, 5.41) is 4.67. The summed E-state index contributed by atoms with van der Waals surface area (Å²) in [6, 6.07) is 16.3. The largest absolute Gasteiger partial charge is 0.461 e. The molecule has 0 unspecified atom stereocenters. The first-order chi connectivity index (χ1) is 10.3. The lowest BCUT2D eigenvalue weighted by atomic mass is 10.1. The molecule has 0 fully saturated rings. The second-order valence-electron chi connectivity index (χ2n) is 5.08. The molecule has 0 spiro atoms. The second kappa shape index (κ2) is 6.02. The molecule has 108 valence electrons. The van der Waals surface area contributed by atoms with Crippen LogP contribution in [0.5, 0.6) is 0 Å². The molecule has 0 aliphatic heterocycles. The molecular weight excluding hydrogens is 262 g/mol. The van der Waals surface area contributed by atoms with Crippen LogP contribution in [0.2, 0.25) is 0 Å². The zero-order valence-corrected chi connectivity index (χ0v) is 12.3. The van der Waals surface area contributed by atoms with Gasteiger partial charge in [-0.15, -0.1) is 0 Å². The van der Waals surface area contributed by atoms with Gasteiger partial charge in [-0.2, -0.15) is 0 Å². The van der Waals surface area contributed by atoms with Gasteiger partial charge in [0.2, 0.25) is 0 Å². The molecule has 3 heteroatoms. The summed E-state index contributed by atoms with van der Waals surface area (Å²) in [5.74, 6) is 0.966. The van der Waals surface area contributed by atoms with E-state index in [2.05, 4.69) is 23.5 Å². The van der Waals surface area contributed by atoms with Crippen molar-refractivity contribution in [1.29, 1.82) is 0 Å². The molecule has 0 bridgehead atoms. The Hall–Kier alpha value is -2.26. The Balaban J connectivity index is 1.85. The van der Waals surface area contributed by atoms with Crippen LogP contribution in [-0.4, -0.2) is 7.11 Å². The van der Waals surface area contributed by atoms with Crippen LogP contribution in [0.3, 0.4) is 0 Å². The standard InChI is InChI=1S/C18H19NO2/c1-13-16(15-8-4-6-10-18(15)21-13)11-19-17-9-5-3-7-14(17)12-20-2/h3-10,19H,11-12H2,1-2H3. The number of para-hydroxylation sites is 2. The van der Waals surface area contributed by atoms with Crippen LogP contribution < -0.4 is 5.32 Å². The van der Waals surface area contributed by atoms with Crippen molar-refractivity contribution < 1.29 is 9.15 Å². The van der Waals surface area contributed by atoms with Gasteiger partial charge in [-0.05, 0) is 19.1 Å². The Kier molecular flexibility index (Phi) is 3.93. The quantitative estimate of drug-likeness (QED) is 0.747. The van der Waals surface area contributed by atoms with Crippen molar-refractivity contribution in [3.63, 3.8) is 0 Å². The van der Waals surface area contributed by atoms with Crippen LogP contribution in [0.15, 0.2) is 52.9 Å². The summed E-state index contributed by atoms with van der Waals surface area (Å²) in [7, 11) is 1.71. The average Bonchev–Trinajstić information content (AvgIpc) is 2.82. The van der Waals surface area contributed by atoms with Crippen molar-refractivity contribution in [3.05, 3.63) is 65.4 Å². The van der Waals surface area contributed by atoms with E-state index in [0.29, 0.717) is 6.61 Å². The van der Waals surface area contributed by atoms with Gasteiger partial charge in [-0.1, -0.05) is 36.4 Å². The fourth-order valence-corrected chi connectivity index (χ4v) is 2.60. The molecule has 1 aromatic heterocycles. The monoisotopic (exact) mass is 281 g/mol. The fraction of sp³-hybridized carbons (Fsp3) is 0.222. The highest BCUT2D eigenvalue weighted by Crippen LogP contribution is 2.26. The Labute approximate surface area is 124 Å². The molecule has 0 radical (unpaired) electrons. The number of hydrogen-bond donors (Lipinski definition) is 1. The van der Waals surface area contributed by atoms with Gasteiger partial charge < -0.3 is 14.5 Å². The highest BCUT2D eigenvalue weighted by molar-refractivity contribution is 5.82. The van der Waals surface area contributed by atoms with E-state index in [4.69, 9.17) is 9.15 Å². The summed E-state index contributed by atoms with van der Waals surface area (Å²) < 4.78 is 11.0. The van der Waals surface area contributed by atoms with E-state index < -0.39 is 0 Å². The van der Waals surface area contributed by atoms with Gasteiger partial charge in [0, 0.05) is 35.9 Å². The van der Waals surface area contributed by atoms with Crippen LogP contribution in [0, 0.1) is 6.92 Å². The lowest BCUT2D eigenvalue weighted by molar-refractivity contribution is 0.185. The van der Waals surface area contributed by atoms with Crippen molar-refractivity contribution in [2.75, 3.05) is 12.4 Å². The summed E-state index contributed by atoms with van der Waals surface area (Å²) >= 11 is 0. The zero-order valence-electron chi connectivity index (χ0n) is 12.3. The molecule has 0 aliphatic rings. The minimum Gasteiger partial charge on any atom is -0.461 e. The zero-order chi connectivity index (χ0) is 14.7. The number of methoxy groups -OCH3 is 1. The number of anilines is 1. The van der Waals surface area contributed by atoms with Crippen molar-refractivity contribution >= 4 is 16.7 Å². The van der Waals surface area contributed by atoms with Crippen molar-refractivity contribution in [2.45, 2.75) is 20.1 Å². The van der Waals surface area contributed by atoms with E-state index in [9.17, 15) is 0 Å². The smallest absolute Gasteiger partial charge is 0.134 e. The highest BCUT2D eigenvalue weighted by atomic mass is 16.5. The molecule has 0 aliphatic carbocycles. The molecule has 0 saturated heterocycles. The Bertz CT molecular complexity index is 746. The number of fused-ring (bicyclic) bond motifs is 1. The normalized spacial score (nSPS) is 11.0. The number of nitrogens with one attached hydrogen (secondary N) is 1. The maximum Gasteiger partial charge on any atom is 0.134 e. The molecule has 0 atom stereocenters. The topological polar surface area (TPSA) is 34.4 Å². The predicted octanol–water partition coefficient (Wildman–Crippen LogP) is 4.50. The van der Waals surface area contributed by atoms with Crippen LogP contribution in [0.1, 0.15) is 16.9 Å². The average molecular weight is 281 g/mol. The molecule has 3 rings (SSSR count). The van der Waals surface area contributed by atoms with Crippen LogP contribution in [0.25, 0.3) is 11.0 Å². The summed E-state index contributed by atoms with van der Waals surface area (Å²) in [4.78, 5) is 0. The second-order valence-corrected chi connectivity index (χ2v) is 5.08. The predicted molar refractivity (Wildman–Crippen MR) is 85.4 cm³/mol. The first-order valence-corrected chi connectivity index (χ1v) is 7.07. The lowest BCUT2D eigenvalue weighted by Gasteiger charge is -2.11. The minimum absolute atomic E-state index is 0.605. The van der Waals surface area contributed by atoms with Crippen LogP contribution in [0.4, 0.5) is 5.69 Å². The number of rotatable bonds is 5. The van der Waals surface area contributed by atoms with Gasteiger partial charge in [0.15, 0.2) is 0 Å². The molecular formula is C18H19NO2. The van der Waals surface area contributed by atoms with Crippen LogP contribution in [-0.2, 0) is 17.9 Å². The maximum atomic E-state index is 5.80. The molecule has 1 N–H and O–H groups in total. The number of ether oxygens (including phenoxy) is 1. The Morgan fingerprint density at radius 2 is 1.81 bits per heavy atom. The van der Waals surface area contributed by atoms with E-state index >= 15 is 0 Å². The number of aryl methyl sites for hydroxylation is 1. The Morgan fingerprint density at radius 3 is 2.67 bits per heavy atom. The van der Waals surface area contributed by atoms with E-state index in [-0.39, 0.29) is 0 Å². The third-order valence-corrected chi connectivity index (χ3v) is 3.67. The molecule has 21 heavy (non-hydrogen) atoms. The molecule has 0 saturated carbocycles. The first-order valence-electron chi connectivity index (χ1n) is 7.07. The van der Waals surface area contributed by atoms with E-state index in [1.807, 2.05) is 37.3 Å². The molecule has 3 aromatic rings. The Morgan fingerprint density at radius 1 is 1.05 bits per heavy atom. The summed E-state index contributed by atoms with van der Waals surface area (Å²) in [6.07, 6.45) is 0. The third-order valence-electron chi connectivity index (χ3n) is 3.67. The molecule has 2 aromatic carbocycles. The van der Waals surface area contributed by atoms with Gasteiger partial charge in [-0.25, -0.2) is 0 Å². The minimum atomic E-state index is 0.605. The summed E-state index contributed by atoms with van der Waals surface area (Å²) in [6.45, 7) is 3.36. The van der Waals surface area contributed by atoms with Gasteiger partial charge in [0.05, 0.1) is 6.61 Å². The summed E-state index contributed by atoms with van der Waals surface area (Å²) in [5.41, 5.74) is 4.41. The van der Waals surface area contributed by atoms with E-state index in [1.54, 1.807) is 7.11 Å². The third kappa shape index (κ3) is 2.78. The number of benzene rings is 2. The molecule has 0 amide bonds. The maximum absolute atomic E-state index is 5.80. The van der Waals surface area contributed by atoms with Gasteiger partial charge in [-0.3, -0.25) is 0 Å². The van der Waals surface area contributed by atoms with Gasteiger partial charge in [0.1, 0.15) is 11.3 Å². The number of hydrogen-bond acceptors (Lipinski definition) is 3. The molecule has 1 heterocycles. The molecule has 3 nitrogen and oxygen atoms in total. The van der Waals surface area contributed by atoms with Crippen LogP contribution >= 0.6 is 0 Å². The number of furan rings is 1. The SMILES string of the molecule is COCc1ccccc1NCc1c(C)oc2ccccc12. The van der Waals surface area contributed by atoms with Crippen molar-refractivity contribution in [2.24, 2.45) is 0 Å². The van der Waals surface area contributed by atoms with E-state index in [1.165, 1.54) is 10.9 Å². The van der Waals surface area contributed by atoms with Crippen molar-refractivity contribution in [1.82, 2.24) is 0 Å². The fourth-order valence-electron chi connectivity index (χ4n) is 2.60. The highest BCUT2D eigenvalue weighted by Gasteiger charge is 2.10. The van der Waals surface area contributed by atoms with Crippen molar-refractivity contribution in [3.8, 4) is 0 Å².